The van der Waals surface area contributed by atoms with Crippen molar-refractivity contribution in [2.24, 2.45) is 5.92 Å². The number of ether oxygens (including phenoxy) is 1. The molecule has 1 saturated heterocycles. The number of likely N-dealkylation sites (tertiary alicyclic amines) is 1. The average molecular weight is 404 g/mol. The van der Waals surface area contributed by atoms with Crippen molar-refractivity contribution in [1.82, 2.24) is 19.9 Å². The van der Waals surface area contributed by atoms with Crippen LogP contribution in [0, 0.1) is 19.8 Å². The van der Waals surface area contributed by atoms with Crippen LogP contribution in [0.25, 0.3) is 0 Å². The number of carbonyl (C=O) groups is 2. The number of aromatic nitrogens is 3. The summed E-state index contributed by atoms with van der Waals surface area (Å²) in [5, 5.41) is 5.63. The molecule has 0 aliphatic carbocycles. The second-order valence-corrected chi connectivity index (χ2v) is 7.69. The highest BCUT2D eigenvalue weighted by Gasteiger charge is 2.28. The molecule has 1 aliphatic rings. The van der Waals surface area contributed by atoms with E-state index in [0.29, 0.717) is 43.6 Å². The molecule has 0 spiro atoms. The Balaban J connectivity index is 1.52. The number of carbonyl (C=O) groups excluding carboxylic acids is 2. The molecule has 2 aromatic heterocycles. The van der Waals surface area contributed by atoms with Gasteiger partial charge in [-0.05, 0) is 39.7 Å². The lowest BCUT2D eigenvalue weighted by Gasteiger charge is -2.30. The molecule has 1 N–H and O–H groups in total. The molecule has 0 bridgehead atoms. The van der Waals surface area contributed by atoms with Crippen LogP contribution < -0.4 is 5.32 Å². The van der Waals surface area contributed by atoms with Gasteiger partial charge in [-0.15, -0.1) is 11.3 Å². The summed E-state index contributed by atoms with van der Waals surface area (Å²) < 4.78 is 5.07. The van der Waals surface area contributed by atoms with Gasteiger partial charge in [0, 0.05) is 29.9 Å². The Kier molecular flexibility index (Phi) is 6.56. The predicted octanol–water partition coefficient (Wildman–Crippen LogP) is 2.64. The van der Waals surface area contributed by atoms with E-state index in [1.165, 1.54) is 11.3 Å². The summed E-state index contributed by atoms with van der Waals surface area (Å²) in [4.78, 5) is 39.3. The van der Waals surface area contributed by atoms with Crippen molar-refractivity contribution in [3.8, 4) is 0 Å². The number of anilines is 2. The summed E-state index contributed by atoms with van der Waals surface area (Å²) >= 11 is 1.42. The van der Waals surface area contributed by atoms with E-state index in [0.717, 1.165) is 17.1 Å². The van der Waals surface area contributed by atoms with Crippen molar-refractivity contribution in [2.75, 3.05) is 25.0 Å². The zero-order valence-corrected chi connectivity index (χ0v) is 17.2. The molecular weight excluding hydrogens is 378 g/mol. The van der Waals surface area contributed by atoms with E-state index in [1.54, 1.807) is 11.8 Å². The van der Waals surface area contributed by atoms with Gasteiger partial charge in [0.1, 0.15) is 0 Å². The van der Waals surface area contributed by atoms with Crippen LogP contribution in [0.5, 0.6) is 0 Å². The summed E-state index contributed by atoms with van der Waals surface area (Å²) in [6, 6.07) is 1.91. The van der Waals surface area contributed by atoms with Gasteiger partial charge in [0.2, 0.25) is 11.9 Å². The Morgan fingerprint density at radius 1 is 1.21 bits per heavy atom. The minimum atomic E-state index is -0.154. The first kappa shape index (κ1) is 20.2. The number of nitrogens with zero attached hydrogens (tertiary/aromatic N) is 4. The summed E-state index contributed by atoms with van der Waals surface area (Å²) in [7, 11) is 0. The van der Waals surface area contributed by atoms with E-state index in [-0.39, 0.29) is 24.2 Å². The van der Waals surface area contributed by atoms with Crippen molar-refractivity contribution in [3.05, 3.63) is 28.5 Å². The molecule has 1 aliphatic heterocycles. The zero-order valence-electron chi connectivity index (χ0n) is 16.4. The normalized spacial score (nSPS) is 14.8. The van der Waals surface area contributed by atoms with Crippen molar-refractivity contribution < 1.29 is 14.3 Å². The topological polar surface area (TPSA) is 97.3 Å². The first-order valence-corrected chi connectivity index (χ1v) is 10.3. The molecule has 28 heavy (non-hydrogen) atoms. The van der Waals surface area contributed by atoms with Crippen LogP contribution in [0.3, 0.4) is 0 Å². The fourth-order valence-corrected chi connectivity index (χ4v) is 3.92. The number of hydrogen-bond donors (Lipinski definition) is 1. The second kappa shape index (κ2) is 9.09. The molecule has 8 nitrogen and oxygen atoms in total. The third-order valence-electron chi connectivity index (χ3n) is 4.55. The van der Waals surface area contributed by atoms with Crippen LogP contribution in [-0.2, 0) is 20.7 Å². The van der Waals surface area contributed by atoms with E-state index < -0.39 is 0 Å². The quantitative estimate of drug-likeness (QED) is 0.741. The minimum absolute atomic E-state index is 0.0295. The number of esters is 1. The van der Waals surface area contributed by atoms with Gasteiger partial charge >= 0.3 is 5.97 Å². The Morgan fingerprint density at radius 2 is 1.89 bits per heavy atom. The minimum Gasteiger partial charge on any atom is -0.466 e. The summed E-state index contributed by atoms with van der Waals surface area (Å²) in [5.41, 5.74) is 2.48. The fraction of sp³-hybridized carbons (Fsp3) is 0.526. The molecule has 0 saturated carbocycles. The number of nitrogens with one attached hydrogen (secondary N) is 1. The van der Waals surface area contributed by atoms with Crippen molar-refractivity contribution in [2.45, 2.75) is 40.0 Å². The van der Waals surface area contributed by atoms with Crippen LogP contribution in [0.4, 0.5) is 11.1 Å². The molecule has 3 heterocycles. The molecule has 0 unspecified atom stereocenters. The van der Waals surface area contributed by atoms with Crippen molar-refractivity contribution in [3.63, 3.8) is 0 Å². The molecule has 9 heteroatoms. The first-order chi connectivity index (χ1) is 13.4. The average Bonchev–Trinajstić information content (AvgIpc) is 3.08. The van der Waals surface area contributed by atoms with Crippen LogP contribution in [0.1, 0.15) is 36.8 Å². The number of piperidine rings is 1. The van der Waals surface area contributed by atoms with Crippen molar-refractivity contribution in [1.29, 1.82) is 0 Å². The Labute approximate surface area is 168 Å². The Hall–Kier alpha value is -2.55. The molecule has 3 rings (SSSR count). The lowest BCUT2D eigenvalue weighted by atomic mass is 9.97. The molecule has 0 aromatic carbocycles. The van der Waals surface area contributed by atoms with Crippen molar-refractivity contribution >= 4 is 34.3 Å². The number of hydrogen-bond acceptors (Lipinski definition) is 8. The number of aryl methyl sites for hydroxylation is 2. The molecule has 1 fully saturated rings. The fourth-order valence-electron chi connectivity index (χ4n) is 3.21. The number of rotatable bonds is 6. The lowest BCUT2D eigenvalue weighted by Crippen LogP contribution is -2.41. The third-order valence-corrected chi connectivity index (χ3v) is 5.36. The van der Waals surface area contributed by atoms with Crippen LogP contribution in [0.2, 0.25) is 0 Å². The molecule has 0 radical (unpaired) electrons. The van der Waals surface area contributed by atoms with Gasteiger partial charge in [-0.25, -0.2) is 15.0 Å². The zero-order chi connectivity index (χ0) is 20.1. The number of thiazole rings is 1. The maximum atomic E-state index is 12.6. The smallest absolute Gasteiger partial charge is 0.309 e. The summed E-state index contributed by atoms with van der Waals surface area (Å²) in [6.07, 6.45) is 1.55. The van der Waals surface area contributed by atoms with Gasteiger partial charge in [-0.3, -0.25) is 9.59 Å². The lowest BCUT2D eigenvalue weighted by molar-refractivity contribution is -0.151. The van der Waals surface area contributed by atoms with Crippen LogP contribution in [0.15, 0.2) is 11.4 Å². The van der Waals surface area contributed by atoms with E-state index in [2.05, 4.69) is 20.3 Å². The standard InChI is InChI=1S/C19H25N5O3S/c1-4-27-17(26)14-5-7-24(8-6-14)16(25)10-15-11-28-19(22-15)23-18-20-12(2)9-13(3)21-18/h9,11,14H,4-8,10H2,1-3H3,(H,20,21,22,23). The monoisotopic (exact) mass is 403 g/mol. The SMILES string of the molecule is CCOC(=O)C1CCN(C(=O)Cc2csc(Nc3nc(C)cc(C)n3)n2)CC1. The highest BCUT2D eigenvalue weighted by Crippen LogP contribution is 2.22. The maximum Gasteiger partial charge on any atom is 0.309 e. The summed E-state index contributed by atoms with van der Waals surface area (Å²) in [5.74, 6) is 0.280. The Morgan fingerprint density at radius 3 is 2.54 bits per heavy atom. The van der Waals surface area contributed by atoms with E-state index in [9.17, 15) is 9.59 Å². The molecule has 150 valence electrons. The van der Waals surface area contributed by atoms with Gasteiger partial charge in [-0.1, -0.05) is 0 Å². The summed E-state index contributed by atoms with van der Waals surface area (Å²) in [6.45, 7) is 7.18. The van der Waals surface area contributed by atoms with Gasteiger partial charge in [0.05, 0.1) is 24.6 Å². The first-order valence-electron chi connectivity index (χ1n) is 9.42. The molecule has 1 amide bonds. The largest absolute Gasteiger partial charge is 0.466 e. The van der Waals surface area contributed by atoms with E-state index in [1.807, 2.05) is 25.3 Å². The third kappa shape index (κ3) is 5.25. The number of amides is 1. The van der Waals surface area contributed by atoms with E-state index >= 15 is 0 Å². The van der Waals surface area contributed by atoms with Crippen LogP contribution >= 0.6 is 11.3 Å². The highest BCUT2D eigenvalue weighted by atomic mass is 32.1. The molecule has 0 atom stereocenters. The van der Waals surface area contributed by atoms with Gasteiger partial charge in [0.25, 0.3) is 0 Å². The predicted molar refractivity (Wildman–Crippen MR) is 107 cm³/mol. The molecular formula is C19H25N5O3S. The van der Waals surface area contributed by atoms with Gasteiger partial charge < -0.3 is 15.0 Å². The Bertz CT molecular complexity index is 826. The highest BCUT2D eigenvalue weighted by molar-refractivity contribution is 7.13. The van der Waals surface area contributed by atoms with E-state index in [4.69, 9.17) is 4.74 Å². The van der Waals surface area contributed by atoms with Gasteiger partial charge in [-0.2, -0.15) is 0 Å². The van der Waals surface area contributed by atoms with Gasteiger partial charge in [0.15, 0.2) is 5.13 Å². The van der Waals surface area contributed by atoms with Crippen LogP contribution in [-0.4, -0.2) is 51.4 Å². The second-order valence-electron chi connectivity index (χ2n) is 6.83. The molecule has 2 aromatic rings. The maximum absolute atomic E-state index is 12.6.